The summed E-state index contributed by atoms with van der Waals surface area (Å²) in [6, 6.07) is 13.3. The highest BCUT2D eigenvalue weighted by atomic mass is 79.9. The molecule has 0 saturated carbocycles. The second-order valence-corrected chi connectivity index (χ2v) is 8.04. The molecule has 1 N–H and O–H groups in total. The number of ether oxygens (including phenoxy) is 2. The summed E-state index contributed by atoms with van der Waals surface area (Å²) in [5, 5.41) is 13.8. The molecule has 28 heavy (non-hydrogen) atoms. The third-order valence-corrected chi connectivity index (χ3v) is 7.15. The highest BCUT2D eigenvalue weighted by Gasteiger charge is 2.40. The third kappa shape index (κ3) is 4.33. The standard InChI is InChI=1S/C19H19Br2N2O5/c1-26-13-7-3-11(4-8-13)15(20)16(21)18(24)17-19(25)28-22-23(17)12-5-9-14(27-2)10-6-12/h3-10,15-17,19,22H,1-2H3/q-1. The van der Waals surface area contributed by atoms with Crippen LogP contribution in [0.5, 0.6) is 11.5 Å². The second kappa shape index (κ2) is 9.23. The van der Waals surface area contributed by atoms with Crippen molar-refractivity contribution >= 4 is 43.3 Å². The topological polar surface area (TPSA) is 83.1 Å². The van der Waals surface area contributed by atoms with E-state index in [1.165, 1.54) is 5.01 Å². The number of nitrogens with one attached hydrogen (secondary N) is 1. The summed E-state index contributed by atoms with van der Waals surface area (Å²) in [5.74, 6) is 1.09. The van der Waals surface area contributed by atoms with Crippen LogP contribution >= 0.6 is 31.9 Å². The van der Waals surface area contributed by atoms with E-state index in [-0.39, 0.29) is 10.6 Å². The van der Waals surface area contributed by atoms with Crippen LogP contribution in [-0.2, 0) is 9.63 Å². The number of carbonyl (C=O) groups is 1. The van der Waals surface area contributed by atoms with Crippen LogP contribution in [0.1, 0.15) is 10.4 Å². The largest absolute Gasteiger partial charge is 0.828 e. The number of hydrogen-bond donors (Lipinski definition) is 1. The number of nitrogens with zero attached hydrogens (tertiary/aromatic N) is 1. The summed E-state index contributed by atoms with van der Waals surface area (Å²) < 4.78 is 10.3. The van der Waals surface area contributed by atoms with Gasteiger partial charge in [-0.1, -0.05) is 44.0 Å². The first kappa shape index (κ1) is 21.1. The highest BCUT2D eigenvalue weighted by Crippen LogP contribution is 2.35. The minimum absolute atomic E-state index is 0.307. The lowest BCUT2D eigenvalue weighted by Crippen LogP contribution is -2.51. The van der Waals surface area contributed by atoms with Crippen molar-refractivity contribution in [1.82, 2.24) is 5.59 Å². The molecule has 0 bridgehead atoms. The van der Waals surface area contributed by atoms with Crippen molar-refractivity contribution in [3.05, 3.63) is 54.1 Å². The number of rotatable bonds is 7. The number of hydrogen-bond acceptors (Lipinski definition) is 7. The molecule has 150 valence electrons. The Kier molecular flexibility index (Phi) is 6.95. The maximum absolute atomic E-state index is 13.1. The van der Waals surface area contributed by atoms with Gasteiger partial charge in [-0.15, -0.1) is 5.59 Å². The third-order valence-electron chi connectivity index (χ3n) is 4.41. The van der Waals surface area contributed by atoms with Gasteiger partial charge in [0.2, 0.25) is 0 Å². The molecule has 0 radical (unpaired) electrons. The molecule has 9 heteroatoms. The van der Waals surface area contributed by atoms with Crippen LogP contribution in [0, 0.1) is 0 Å². The normalized spacial score (nSPS) is 21.2. The molecule has 4 unspecified atom stereocenters. The zero-order chi connectivity index (χ0) is 20.3. The first-order valence-electron chi connectivity index (χ1n) is 8.42. The van der Waals surface area contributed by atoms with Gasteiger partial charge in [-0.05, 0) is 42.0 Å². The minimum Gasteiger partial charge on any atom is -0.828 e. The Bertz CT molecular complexity index is 803. The first-order valence-corrected chi connectivity index (χ1v) is 10.3. The molecule has 1 fully saturated rings. The Morgan fingerprint density at radius 1 is 1.07 bits per heavy atom. The maximum atomic E-state index is 13.1. The summed E-state index contributed by atoms with van der Waals surface area (Å²) in [7, 11) is 3.16. The van der Waals surface area contributed by atoms with Crippen molar-refractivity contribution in [3.63, 3.8) is 0 Å². The van der Waals surface area contributed by atoms with Crippen molar-refractivity contribution in [1.29, 1.82) is 0 Å². The van der Waals surface area contributed by atoms with Gasteiger partial charge < -0.3 is 14.6 Å². The van der Waals surface area contributed by atoms with Crippen LogP contribution < -0.4 is 25.2 Å². The lowest BCUT2D eigenvalue weighted by Gasteiger charge is -2.30. The van der Waals surface area contributed by atoms with Crippen molar-refractivity contribution in [2.24, 2.45) is 0 Å². The van der Waals surface area contributed by atoms with Gasteiger partial charge in [0.1, 0.15) is 17.5 Å². The molecular formula is C19H19Br2N2O5-. The highest BCUT2D eigenvalue weighted by molar-refractivity contribution is 9.12. The Hall–Kier alpha value is -1.65. The summed E-state index contributed by atoms with van der Waals surface area (Å²) in [6.07, 6.45) is -1.56. The van der Waals surface area contributed by atoms with Crippen LogP contribution in [0.4, 0.5) is 5.69 Å². The Balaban J connectivity index is 1.78. The lowest BCUT2D eigenvalue weighted by atomic mass is 10.0. The van der Waals surface area contributed by atoms with E-state index in [2.05, 4.69) is 37.4 Å². The van der Waals surface area contributed by atoms with E-state index in [1.54, 1.807) is 38.5 Å². The molecular weight excluding hydrogens is 496 g/mol. The van der Waals surface area contributed by atoms with Crippen LogP contribution in [0.15, 0.2) is 48.5 Å². The monoisotopic (exact) mass is 513 g/mol. The SMILES string of the molecule is COc1ccc(C(Br)C(Br)C(=O)C2C([O-])ONN2c2ccc(OC)cc2)cc1. The van der Waals surface area contributed by atoms with E-state index in [0.29, 0.717) is 11.4 Å². The van der Waals surface area contributed by atoms with Crippen molar-refractivity contribution < 1.29 is 24.2 Å². The van der Waals surface area contributed by atoms with Crippen LogP contribution in [0.3, 0.4) is 0 Å². The minimum atomic E-state index is -1.56. The lowest BCUT2D eigenvalue weighted by molar-refractivity contribution is -0.488. The predicted molar refractivity (Wildman–Crippen MR) is 110 cm³/mol. The van der Waals surface area contributed by atoms with Crippen LogP contribution in [0.25, 0.3) is 0 Å². The first-order chi connectivity index (χ1) is 13.5. The Morgan fingerprint density at radius 2 is 1.61 bits per heavy atom. The molecule has 0 amide bonds. The van der Waals surface area contributed by atoms with Gasteiger partial charge in [-0.25, -0.2) is 0 Å². The fraction of sp³-hybridized carbons (Fsp3) is 0.316. The van der Waals surface area contributed by atoms with E-state index < -0.39 is 17.2 Å². The molecule has 0 spiro atoms. The number of benzene rings is 2. The zero-order valence-corrected chi connectivity index (χ0v) is 18.3. The van der Waals surface area contributed by atoms with E-state index in [9.17, 15) is 9.90 Å². The van der Waals surface area contributed by atoms with Gasteiger partial charge in [0.15, 0.2) is 5.78 Å². The molecule has 1 heterocycles. The Labute approximate surface area is 179 Å². The molecule has 1 aliphatic rings. The smallest absolute Gasteiger partial charge is 0.173 e. The second-order valence-electron chi connectivity index (χ2n) is 6.07. The molecule has 1 saturated heterocycles. The number of alkyl halides is 2. The summed E-state index contributed by atoms with van der Waals surface area (Å²) >= 11 is 7.00. The van der Waals surface area contributed by atoms with Gasteiger partial charge in [0.05, 0.1) is 29.6 Å². The zero-order valence-electron chi connectivity index (χ0n) is 15.2. The molecule has 3 rings (SSSR count). The molecule has 4 atom stereocenters. The fourth-order valence-corrected chi connectivity index (χ4v) is 3.98. The molecule has 1 aliphatic heterocycles. The molecule has 0 aliphatic carbocycles. The van der Waals surface area contributed by atoms with Crippen molar-refractivity contribution in [2.45, 2.75) is 22.0 Å². The van der Waals surface area contributed by atoms with E-state index in [0.717, 1.165) is 11.3 Å². The summed E-state index contributed by atoms with van der Waals surface area (Å²) in [5.41, 5.74) is 4.04. The average molecular weight is 515 g/mol. The predicted octanol–water partition coefficient (Wildman–Crippen LogP) is 2.48. The number of Topliss-reactive ketones (excluding diaryl/α,β-unsaturated/α-hetero) is 1. The van der Waals surface area contributed by atoms with Gasteiger partial charge >= 0.3 is 0 Å². The molecule has 0 aromatic heterocycles. The average Bonchev–Trinajstić information content (AvgIpc) is 3.13. The van der Waals surface area contributed by atoms with Crippen molar-refractivity contribution in [3.8, 4) is 11.5 Å². The van der Waals surface area contributed by atoms with E-state index in [1.807, 2.05) is 24.3 Å². The summed E-state index contributed by atoms with van der Waals surface area (Å²) in [6.45, 7) is 0. The molecule has 7 nitrogen and oxygen atoms in total. The number of anilines is 1. The number of methoxy groups -OCH3 is 2. The van der Waals surface area contributed by atoms with Crippen LogP contribution in [0.2, 0.25) is 0 Å². The number of carbonyl (C=O) groups excluding carboxylic acids is 1. The number of ketones is 1. The summed E-state index contributed by atoms with van der Waals surface area (Å²) in [4.78, 5) is 17.1. The van der Waals surface area contributed by atoms with E-state index >= 15 is 0 Å². The van der Waals surface area contributed by atoms with Gasteiger partial charge in [0, 0.05) is 6.29 Å². The van der Waals surface area contributed by atoms with Gasteiger partial charge in [-0.2, -0.15) is 0 Å². The fourth-order valence-electron chi connectivity index (χ4n) is 2.83. The number of halogens is 2. The quantitative estimate of drug-likeness (QED) is 0.568. The van der Waals surface area contributed by atoms with E-state index in [4.69, 9.17) is 14.3 Å². The van der Waals surface area contributed by atoms with Crippen molar-refractivity contribution in [2.75, 3.05) is 19.2 Å². The molecule has 2 aromatic carbocycles. The van der Waals surface area contributed by atoms with Crippen LogP contribution in [-0.4, -0.2) is 37.2 Å². The number of hydrazine groups is 1. The van der Waals surface area contributed by atoms with Gasteiger partial charge in [-0.3, -0.25) is 14.6 Å². The molecule has 2 aromatic rings. The van der Waals surface area contributed by atoms with Gasteiger partial charge in [0.25, 0.3) is 0 Å². The maximum Gasteiger partial charge on any atom is 0.173 e. The Morgan fingerprint density at radius 3 is 2.14 bits per heavy atom.